The average Bonchev–Trinajstić information content (AvgIpc) is 2.92. The van der Waals surface area contributed by atoms with E-state index in [0.29, 0.717) is 0 Å². The lowest BCUT2D eigenvalue weighted by Crippen LogP contribution is -2.78. The molecule has 0 aliphatic rings. The molecule has 0 N–H and O–H groups in total. The molecule has 1 unspecified atom stereocenters. The van der Waals surface area contributed by atoms with Crippen LogP contribution in [0, 0.1) is 0 Å². The van der Waals surface area contributed by atoms with Gasteiger partial charge in [0.25, 0.3) is 5.50 Å². The Morgan fingerprint density at radius 2 is 0.612 bits per heavy atom. The second-order valence-corrected chi connectivity index (χ2v) is 11.1. The van der Waals surface area contributed by atoms with Crippen molar-refractivity contribution in [3.63, 3.8) is 0 Å². The maximum atomic E-state index is 13.5. The number of nitrogens with zero attached hydrogens (tertiary/aromatic N) is 1. The molecule has 0 bridgehead atoms. The van der Waals surface area contributed by atoms with Gasteiger partial charge in [0.1, 0.15) is 10.1 Å². The molecule has 0 aromatic rings. The minimum Gasteiger partial charge on any atom is -0.746 e. The van der Waals surface area contributed by atoms with Gasteiger partial charge in [-0.05, 0) is 27.7 Å². The highest BCUT2D eigenvalue weighted by atomic mass is 32.2. The van der Waals surface area contributed by atoms with Gasteiger partial charge in [-0.2, -0.15) is 101 Å². The first-order chi connectivity index (χ1) is 20.9. The van der Waals surface area contributed by atoms with Crippen molar-refractivity contribution in [2.24, 2.45) is 0 Å². The molecular weight excluding hydrogens is 790 g/mol. The lowest BCUT2D eigenvalue weighted by molar-refractivity contribution is -0.921. The summed E-state index contributed by atoms with van der Waals surface area (Å²) >= 11 is 0. The highest BCUT2D eigenvalue weighted by molar-refractivity contribution is 7.86. The Morgan fingerprint density at radius 3 is 0.755 bits per heavy atom. The van der Waals surface area contributed by atoms with Crippen molar-refractivity contribution in [1.82, 2.24) is 0 Å². The number of rotatable bonds is 15. The van der Waals surface area contributed by atoms with Crippen molar-refractivity contribution in [2.75, 3.05) is 26.2 Å². The third-order valence-corrected chi connectivity index (χ3v) is 7.95. The summed E-state index contributed by atoms with van der Waals surface area (Å²) in [6, 6.07) is 0. The van der Waals surface area contributed by atoms with E-state index in [-0.39, 0.29) is 0 Å². The highest BCUT2D eigenvalue weighted by Crippen LogP contribution is 2.67. The number of hydrogen-bond acceptors (Lipinski definition) is 3. The summed E-state index contributed by atoms with van der Waals surface area (Å²) < 4.78 is 345. The van der Waals surface area contributed by atoms with Crippen molar-refractivity contribution >= 4 is 10.1 Å². The molecule has 0 fully saturated rings. The van der Waals surface area contributed by atoms with Gasteiger partial charge in [-0.15, -0.1) is 0 Å². The molecule has 0 amide bonds. The summed E-state index contributed by atoms with van der Waals surface area (Å²) in [5.74, 6) is -92.1. The first kappa shape index (κ1) is 49.3. The van der Waals surface area contributed by atoms with E-state index < -0.39 is 81.0 Å². The van der Waals surface area contributed by atoms with Gasteiger partial charge < -0.3 is 9.04 Å². The molecule has 0 aliphatic carbocycles. The van der Waals surface area contributed by atoms with E-state index in [0.717, 1.165) is 0 Å². The number of quaternary nitrogens is 1. The zero-order chi connectivity index (χ0) is 40.9. The molecule has 0 saturated carbocycles. The molecule has 0 radical (unpaired) electrons. The lowest BCUT2D eigenvalue weighted by Gasteiger charge is -2.45. The van der Waals surface area contributed by atoms with Gasteiger partial charge >= 0.3 is 65.4 Å². The van der Waals surface area contributed by atoms with E-state index in [1.807, 2.05) is 0 Å². The van der Waals surface area contributed by atoms with Gasteiger partial charge in [0.15, 0.2) is 0 Å². The van der Waals surface area contributed by atoms with E-state index in [1.54, 1.807) is 0 Å². The molecule has 0 rings (SSSR count). The first-order valence-corrected chi connectivity index (χ1v) is 13.7. The summed E-state index contributed by atoms with van der Waals surface area (Å²) in [6.07, 6.45) is -8.19. The van der Waals surface area contributed by atoms with Crippen LogP contribution in [0.1, 0.15) is 27.7 Å². The summed E-state index contributed by atoms with van der Waals surface area (Å²) in [5, 5.41) is 0. The van der Waals surface area contributed by atoms with Crippen LogP contribution in [-0.2, 0) is 10.1 Å². The maximum absolute atomic E-state index is 13.5. The van der Waals surface area contributed by atoms with E-state index in [1.165, 1.54) is 30.7 Å². The molecule has 0 spiro atoms. The van der Waals surface area contributed by atoms with E-state index in [4.69, 9.17) is 0 Å². The normalized spacial score (nSPS) is 16.7. The van der Waals surface area contributed by atoms with E-state index in [9.17, 15) is 118 Å². The molecule has 4 nitrogen and oxygen atoms in total. The third kappa shape index (κ3) is 7.17. The fourth-order valence-corrected chi connectivity index (χ4v) is 3.94. The summed E-state index contributed by atoms with van der Waals surface area (Å²) in [4.78, 5) is 0. The number of halogens is 24. The zero-order valence-corrected chi connectivity index (χ0v) is 24.9. The molecule has 49 heavy (non-hydrogen) atoms. The van der Waals surface area contributed by atoms with Crippen LogP contribution in [-0.4, -0.2) is 115 Å². The predicted octanol–water partition coefficient (Wildman–Crippen LogP) is 8.63. The summed E-state index contributed by atoms with van der Waals surface area (Å²) in [7, 11) is -7.72. The Bertz CT molecular complexity index is 1210. The van der Waals surface area contributed by atoms with E-state index in [2.05, 4.69) is 27.7 Å². The summed E-state index contributed by atoms with van der Waals surface area (Å²) in [5.41, 5.74) is -6.39. The zero-order valence-electron chi connectivity index (χ0n) is 24.1. The number of alkyl halides is 24. The van der Waals surface area contributed by atoms with Crippen molar-refractivity contribution in [3.8, 4) is 0 Å². The highest BCUT2D eigenvalue weighted by Gasteiger charge is 2.99. The Labute approximate surface area is 258 Å². The minimum atomic E-state index is -9.65. The SMILES string of the molecule is CC[N+](CC)(CC)CC.O=S(=O)([O-])C(F)C(F)(F)C(F)(F)C(F)(F)C(F)(F)C(F)(F)C(F)(F)C(F)(F)C(F)(F)C(F)(F)C(F)(F)C(F)(F)F. The number of hydrogen-bond donors (Lipinski definition) is 0. The monoisotopic (exact) mass is 811 g/mol. The van der Waals surface area contributed by atoms with Crippen molar-refractivity contribution < 1.29 is 123 Å². The van der Waals surface area contributed by atoms with Crippen molar-refractivity contribution in [3.05, 3.63) is 0 Å². The fourth-order valence-electron chi connectivity index (χ4n) is 3.43. The fraction of sp³-hybridized carbons (Fsp3) is 1.00. The molecule has 0 aromatic heterocycles. The van der Waals surface area contributed by atoms with Crippen LogP contribution in [0.25, 0.3) is 0 Å². The molecule has 298 valence electrons. The van der Waals surface area contributed by atoms with Gasteiger partial charge in [-0.25, -0.2) is 12.8 Å². The molecule has 29 heteroatoms. The van der Waals surface area contributed by atoms with Gasteiger partial charge in [0, 0.05) is 0 Å². The van der Waals surface area contributed by atoms with Gasteiger partial charge in [0.05, 0.1) is 26.2 Å². The van der Waals surface area contributed by atoms with Gasteiger partial charge in [0.2, 0.25) is 0 Å². The third-order valence-electron chi connectivity index (χ3n) is 7.15. The summed E-state index contributed by atoms with van der Waals surface area (Å²) in [6.45, 7) is 14.2. The van der Waals surface area contributed by atoms with Crippen LogP contribution in [0.15, 0.2) is 0 Å². The molecule has 0 aromatic carbocycles. The van der Waals surface area contributed by atoms with Gasteiger partial charge in [-0.1, -0.05) is 0 Å². The Balaban J connectivity index is 0. The lowest BCUT2D eigenvalue weighted by atomic mass is 9.85. The quantitative estimate of drug-likeness (QED) is 0.0947. The Hall–Kier alpha value is -1.81. The second-order valence-electron chi connectivity index (χ2n) is 9.71. The van der Waals surface area contributed by atoms with Crippen molar-refractivity contribution in [2.45, 2.75) is 98.6 Å². The molecular formula is C20H21F24NO3S. The smallest absolute Gasteiger partial charge is 0.460 e. The van der Waals surface area contributed by atoms with Crippen LogP contribution in [0.4, 0.5) is 105 Å². The molecule has 0 saturated heterocycles. The Morgan fingerprint density at radius 1 is 0.429 bits per heavy atom. The maximum Gasteiger partial charge on any atom is 0.460 e. The van der Waals surface area contributed by atoms with Crippen LogP contribution >= 0.6 is 0 Å². The van der Waals surface area contributed by atoms with Crippen LogP contribution < -0.4 is 0 Å². The van der Waals surface area contributed by atoms with Crippen LogP contribution in [0.3, 0.4) is 0 Å². The first-order valence-electron chi connectivity index (χ1n) is 12.2. The molecule has 0 heterocycles. The topological polar surface area (TPSA) is 57.2 Å². The minimum absolute atomic E-state index is 1.28. The van der Waals surface area contributed by atoms with Crippen molar-refractivity contribution in [1.29, 1.82) is 0 Å². The standard InChI is InChI=1S/C12H2F24O3S.C8H20N/c13-1(40(37,38)39)2(14,15)3(16,17)4(18,19)5(20,21)6(22,23)7(24,25)8(26,27)9(28,29)10(30,31)11(32,33)12(34,35)36;1-5-9(6-2,7-3)8-4/h1H,(H,37,38,39);5-8H2,1-4H3/q;+1/p-1. The van der Waals surface area contributed by atoms with Crippen LogP contribution in [0.5, 0.6) is 0 Å². The van der Waals surface area contributed by atoms with E-state index >= 15 is 0 Å². The predicted molar refractivity (Wildman–Crippen MR) is 113 cm³/mol. The molecule has 1 atom stereocenters. The van der Waals surface area contributed by atoms with Gasteiger partial charge in [-0.3, -0.25) is 0 Å². The van der Waals surface area contributed by atoms with Crippen LogP contribution in [0.2, 0.25) is 0 Å². The average molecular weight is 811 g/mol. The largest absolute Gasteiger partial charge is 0.746 e. The Kier molecular flexibility index (Phi) is 13.7. The second kappa shape index (κ2) is 13.6. The molecule has 0 aliphatic heterocycles.